The summed E-state index contributed by atoms with van der Waals surface area (Å²) in [6, 6.07) is 19.7. The quantitative estimate of drug-likeness (QED) is 0.761. The van der Waals surface area contributed by atoms with Gasteiger partial charge in [-0.25, -0.2) is 0 Å². The Bertz CT molecular complexity index is 555. The van der Waals surface area contributed by atoms with Crippen LogP contribution in [-0.4, -0.2) is 15.0 Å². The number of aryl methyl sites for hydroxylation is 1. The van der Waals surface area contributed by atoms with Crippen molar-refractivity contribution in [2.75, 3.05) is 0 Å². The van der Waals surface area contributed by atoms with Crippen molar-refractivity contribution in [2.45, 2.75) is 18.2 Å². The topological polar surface area (TPSA) is 0 Å². The average Bonchev–Trinajstić information content (AvgIpc) is 2.84. The predicted octanol–water partition coefficient (Wildman–Crippen LogP) is 3.46. The van der Waals surface area contributed by atoms with E-state index >= 15 is 0 Å². The number of hydrogen-bond acceptors (Lipinski definition) is 0. The Kier molecular flexibility index (Phi) is 3.64. The molecule has 2 aromatic rings. The normalized spacial score (nSPS) is 15.9. The van der Waals surface area contributed by atoms with Gasteiger partial charge in [-0.3, -0.25) is 0 Å². The van der Waals surface area contributed by atoms with Gasteiger partial charge >= 0.3 is 115 Å². The Morgan fingerprint density at radius 3 is 2.56 bits per heavy atom. The van der Waals surface area contributed by atoms with Gasteiger partial charge in [0.15, 0.2) is 0 Å². The second-order valence-electron chi connectivity index (χ2n) is 4.51. The van der Waals surface area contributed by atoms with E-state index in [-0.39, 0.29) is 0 Å². The molecule has 0 aromatic heterocycles. The molecule has 0 unspecified atom stereocenters. The van der Waals surface area contributed by atoms with Gasteiger partial charge in [-0.1, -0.05) is 0 Å². The summed E-state index contributed by atoms with van der Waals surface area (Å²) in [5.41, 5.74) is 4.57. The zero-order chi connectivity index (χ0) is 12.2. The first-order valence-corrected chi connectivity index (χ1v) is 8.45. The molecule has 18 heavy (non-hydrogen) atoms. The molecule has 0 saturated heterocycles. The van der Waals surface area contributed by atoms with Crippen molar-refractivity contribution < 1.29 is 0 Å². The van der Waals surface area contributed by atoms with E-state index in [2.05, 4.69) is 60.7 Å². The number of allylic oxidation sites excluding steroid dienone is 2. The van der Waals surface area contributed by atoms with E-state index < -0.39 is 0 Å². The van der Waals surface area contributed by atoms with Crippen molar-refractivity contribution in [3.05, 3.63) is 71.8 Å². The molecule has 2 aromatic carbocycles. The van der Waals surface area contributed by atoms with E-state index in [1.807, 2.05) is 0 Å². The Balaban J connectivity index is 1.68. The van der Waals surface area contributed by atoms with Gasteiger partial charge in [0, 0.05) is 0 Å². The molecule has 1 heteroatoms. The van der Waals surface area contributed by atoms with Crippen LogP contribution in [0.1, 0.15) is 17.5 Å². The van der Waals surface area contributed by atoms with Crippen molar-refractivity contribution >= 4 is 25.0 Å². The molecular weight excluding hydrogens is 283 g/mol. The van der Waals surface area contributed by atoms with Crippen LogP contribution < -0.4 is 4.46 Å². The standard InChI is InChI=1S/C17H16Se/c1-2-7-16(8-3-1)18-13-12-15-11-10-14-6-4-5-9-17(14)15/h1-9,12H,10-11,13H2/b15-12+. The molecular formula is C17H16Se. The third kappa shape index (κ3) is 2.58. The number of hydrogen-bond donors (Lipinski definition) is 0. The third-order valence-electron chi connectivity index (χ3n) is 3.35. The Hall–Kier alpha value is -1.30. The maximum absolute atomic E-state index is 2.46. The summed E-state index contributed by atoms with van der Waals surface area (Å²) in [7, 11) is 0. The molecule has 0 radical (unpaired) electrons. The van der Waals surface area contributed by atoms with Gasteiger partial charge in [0.05, 0.1) is 0 Å². The molecule has 0 N–H and O–H groups in total. The molecule has 0 heterocycles. The van der Waals surface area contributed by atoms with E-state index in [9.17, 15) is 0 Å². The van der Waals surface area contributed by atoms with Crippen LogP contribution in [0.5, 0.6) is 0 Å². The summed E-state index contributed by atoms with van der Waals surface area (Å²) in [5.74, 6) is 0. The van der Waals surface area contributed by atoms with Crippen LogP contribution in [0.25, 0.3) is 5.57 Å². The monoisotopic (exact) mass is 300 g/mol. The van der Waals surface area contributed by atoms with Gasteiger partial charge in [0.25, 0.3) is 0 Å². The number of fused-ring (bicyclic) bond motifs is 1. The fourth-order valence-electron chi connectivity index (χ4n) is 2.42. The molecule has 90 valence electrons. The molecule has 0 spiro atoms. The van der Waals surface area contributed by atoms with Gasteiger partial charge in [0.1, 0.15) is 0 Å². The minimum atomic E-state index is 0.575. The first kappa shape index (κ1) is 11.8. The van der Waals surface area contributed by atoms with Gasteiger partial charge in [-0.2, -0.15) is 0 Å². The fourth-order valence-corrected chi connectivity index (χ4v) is 4.16. The summed E-state index contributed by atoms with van der Waals surface area (Å²) >= 11 is 0.575. The zero-order valence-electron chi connectivity index (χ0n) is 10.3. The summed E-state index contributed by atoms with van der Waals surface area (Å²) < 4.78 is 1.49. The van der Waals surface area contributed by atoms with E-state index in [0.717, 1.165) is 0 Å². The minimum absolute atomic E-state index is 0.575. The Morgan fingerprint density at radius 2 is 1.67 bits per heavy atom. The van der Waals surface area contributed by atoms with Crippen LogP contribution in [0.4, 0.5) is 0 Å². The van der Waals surface area contributed by atoms with Crippen LogP contribution in [-0.2, 0) is 6.42 Å². The van der Waals surface area contributed by atoms with Gasteiger partial charge in [0.2, 0.25) is 0 Å². The Morgan fingerprint density at radius 1 is 0.889 bits per heavy atom. The summed E-state index contributed by atoms with van der Waals surface area (Å²) in [5, 5.41) is 1.21. The molecule has 1 aliphatic rings. The molecule has 0 nitrogen and oxygen atoms in total. The average molecular weight is 299 g/mol. The molecule has 0 amide bonds. The van der Waals surface area contributed by atoms with Gasteiger partial charge in [-0.05, 0) is 0 Å². The Labute approximate surface area is 115 Å². The molecule has 0 atom stereocenters. The van der Waals surface area contributed by atoms with Crippen molar-refractivity contribution in [1.29, 1.82) is 0 Å². The molecule has 0 aliphatic heterocycles. The summed E-state index contributed by atoms with van der Waals surface area (Å²) in [6.45, 7) is 0. The third-order valence-corrected chi connectivity index (χ3v) is 5.32. The summed E-state index contributed by atoms with van der Waals surface area (Å²) in [6.07, 6.45) is 4.91. The molecule has 0 saturated carbocycles. The van der Waals surface area contributed by atoms with Gasteiger partial charge in [-0.15, -0.1) is 0 Å². The fraction of sp³-hybridized carbons (Fsp3) is 0.176. The van der Waals surface area contributed by atoms with Crippen molar-refractivity contribution in [2.24, 2.45) is 0 Å². The van der Waals surface area contributed by atoms with Gasteiger partial charge < -0.3 is 0 Å². The second-order valence-corrected chi connectivity index (χ2v) is 6.80. The van der Waals surface area contributed by atoms with E-state index in [1.54, 1.807) is 5.57 Å². The summed E-state index contributed by atoms with van der Waals surface area (Å²) in [4.78, 5) is 0. The van der Waals surface area contributed by atoms with Crippen molar-refractivity contribution in [1.82, 2.24) is 0 Å². The van der Waals surface area contributed by atoms with E-state index in [1.165, 1.54) is 33.7 Å². The van der Waals surface area contributed by atoms with Crippen LogP contribution in [0.2, 0.25) is 5.32 Å². The van der Waals surface area contributed by atoms with Crippen LogP contribution in [0.15, 0.2) is 60.7 Å². The van der Waals surface area contributed by atoms with Crippen LogP contribution >= 0.6 is 0 Å². The second kappa shape index (κ2) is 5.56. The number of rotatable bonds is 3. The first-order chi connectivity index (χ1) is 8.93. The zero-order valence-corrected chi connectivity index (χ0v) is 12.0. The predicted molar refractivity (Wildman–Crippen MR) is 79.4 cm³/mol. The number of benzene rings is 2. The molecule has 0 bridgehead atoms. The molecule has 3 rings (SSSR count). The maximum atomic E-state index is 2.46. The van der Waals surface area contributed by atoms with Crippen LogP contribution in [0.3, 0.4) is 0 Å². The van der Waals surface area contributed by atoms with Crippen molar-refractivity contribution in [3.63, 3.8) is 0 Å². The van der Waals surface area contributed by atoms with Crippen molar-refractivity contribution in [3.8, 4) is 0 Å². The van der Waals surface area contributed by atoms with E-state index in [4.69, 9.17) is 0 Å². The molecule has 1 aliphatic carbocycles. The van der Waals surface area contributed by atoms with E-state index in [0.29, 0.717) is 15.0 Å². The first-order valence-electron chi connectivity index (χ1n) is 6.38. The SMILES string of the molecule is C(/C[Se]c1ccccc1)=C1/CCc2ccccc21. The molecule has 0 fully saturated rings. The van der Waals surface area contributed by atoms with Crippen LogP contribution in [0, 0.1) is 0 Å².